The summed E-state index contributed by atoms with van der Waals surface area (Å²) < 4.78 is 0. The minimum atomic E-state index is 0.206. The highest BCUT2D eigenvalue weighted by atomic mass is 35.5. The molecular weight excluding hydrogens is 301 g/mol. The fourth-order valence-corrected chi connectivity index (χ4v) is 2.55. The molecule has 0 bridgehead atoms. The smallest absolute Gasteiger partial charge is 0.0595 e. The van der Waals surface area contributed by atoms with Crippen molar-refractivity contribution in [2.75, 3.05) is 6.54 Å². The maximum Gasteiger partial charge on any atom is 0.0595 e. The van der Waals surface area contributed by atoms with Gasteiger partial charge in [0, 0.05) is 10.9 Å². The van der Waals surface area contributed by atoms with Gasteiger partial charge in [-0.05, 0) is 48.4 Å². The third-order valence-electron chi connectivity index (χ3n) is 3.07. The second-order valence-electron chi connectivity index (χ2n) is 4.36. The second kappa shape index (κ2) is 6.62. The molecule has 2 N–H and O–H groups in total. The third kappa shape index (κ3) is 3.64. The van der Waals surface area contributed by atoms with Crippen LogP contribution in [0.25, 0.3) is 0 Å². The Morgan fingerprint density at radius 3 is 2.05 bits per heavy atom. The number of halogens is 3. The number of nitrogens with two attached hydrogens (primary N) is 1. The van der Waals surface area contributed by atoms with Gasteiger partial charge in [-0.1, -0.05) is 53.0 Å². The highest BCUT2D eigenvalue weighted by Crippen LogP contribution is 2.32. The van der Waals surface area contributed by atoms with Crippen LogP contribution in [-0.4, -0.2) is 6.54 Å². The Bertz CT molecular complexity index is 552. The van der Waals surface area contributed by atoms with Gasteiger partial charge in [0.1, 0.15) is 0 Å². The highest BCUT2D eigenvalue weighted by molar-refractivity contribution is 6.42. The topological polar surface area (TPSA) is 26.0 Å². The van der Waals surface area contributed by atoms with E-state index in [2.05, 4.69) is 0 Å². The SMILES string of the molecule is NCCC(c1ccc(Cl)cc1)c1ccc(Cl)c(Cl)c1. The van der Waals surface area contributed by atoms with Crippen molar-refractivity contribution in [2.24, 2.45) is 5.73 Å². The van der Waals surface area contributed by atoms with Crippen LogP contribution in [0.2, 0.25) is 15.1 Å². The van der Waals surface area contributed by atoms with Crippen LogP contribution >= 0.6 is 34.8 Å². The Kier molecular flexibility index (Phi) is 5.12. The zero-order valence-electron chi connectivity index (χ0n) is 10.2. The Balaban J connectivity index is 2.38. The average Bonchev–Trinajstić information content (AvgIpc) is 2.41. The largest absolute Gasteiger partial charge is 0.330 e. The van der Waals surface area contributed by atoms with E-state index < -0.39 is 0 Å². The fraction of sp³-hybridized carbons (Fsp3) is 0.200. The minimum absolute atomic E-state index is 0.206. The summed E-state index contributed by atoms with van der Waals surface area (Å²) in [4.78, 5) is 0. The lowest BCUT2D eigenvalue weighted by Crippen LogP contribution is -2.08. The lowest BCUT2D eigenvalue weighted by atomic mass is 9.88. The molecule has 0 aliphatic rings. The molecule has 1 nitrogen and oxygen atoms in total. The van der Waals surface area contributed by atoms with Gasteiger partial charge in [-0.15, -0.1) is 0 Å². The van der Waals surface area contributed by atoms with Gasteiger partial charge < -0.3 is 5.73 Å². The lowest BCUT2D eigenvalue weighted by Gasteiger charge is -2.18. The van der Waals surface area contributed by atoms with Crippen LogP contribution in [0.15, 0.2) is 42.5 Å². The number of hydrogen-bond acceptors (Lipinski definition) is 1. The molecule has 0 radical (unpaired) electrons. The zero-order chi connectivity index (χ0) is 13.8. The molecule has 0 amide bonds. The number of rotatable bonds is 4. The van der Waals surface area contributed by atoms with E-state index >= 15 is 0 Å². The van der Waals surface area contributed by atoms with Crippen molar-refractivity contribution in [1.29, 1.82) is 0 Å². The summed E-state index contributed by atoms with van der Waals surface area (Å²) in [6.07, 6.45) is 0.847. The van der Waals surface area contributed by atoms with E-state index in [9.17, 15) is 0 Å². The maximum atomic E-state index is 6.09. The van der Waals surface area contributed by atoms with Gasteiger partial charge in [0.15, 0.2) is 0 Å². The van der Waals surface area contributed by atoms with Crippen molar-refractivity contribution < 1.29 is 0 Å². The molecule has 2 aromatic rings. The molecule has 1 unspecified atom stereocenters. The van der Waals surface area contributed by atoms with Gasteiger partial charge in [-0.3, -0.25) is 0 Å². The molecule has 2 rings (SSSR count). The van der Waals surface area contributed by atoms with Crippen LogP contribution in [0.5, 0.6) is 0 Å². The Morgan fingerprint density at radius 1 is 0.842 bits per heavy atom. The normalized spacial score (nSPS) is 12.4. The zero-order valence-corrected chi connectivity index (χ0v) is 12.5. The van der Waals surface area contributed by atoms with Crippen LogP contribution in [0.4, 0.5) is 0 Å². The molecule has 2 aromatic carbocycles. The molecule has 0 saturated heterocycles. The van der Waals surface area contributed by atoms with Gasteiger partial charge in [-0.25, -0.2) is 0 Å². The molecular formula is C15H14Cl3N. The lowest BCUT2D eigenvalue weighted by molar-refractivity contribution is 0.726. The Morgan fingerprint density at radius 2 is 1.47 bits per heavy atom. The Hall–Kier alpha value is -0.730. The van der Waals surface area contributed by atoms with E-state index in [1.54, 1.807) is 0 Å². The molecule has 1 atom stereocenters. The first-order valence-corrected chi connectivity index (χ1v) is 7.15. The van der Waals surface area contributed by atoms with E-state index in [1.807, 2.05) is 42.5 Å². The molecule has 19 heavy (non-hydrogen) atoms. The Labute approximate surface area is 128 Å². The van der Waals surface area contributed by atoms with Crippen LogP contribution in [0, 0.1) is 0 Å². The van der Waals surface area contributed by atoms with Crippen LogP contribution in [0.3, 0.4) is 0 Å². The molecule has 4 heteroatoms. The number of benzene rings is 2. The van der Waals surface area contributed by atoms with Gasteiger partial charge >= 0.3 is 0 Å². The molecule has 0 fully saturated rings. The summed E-state index contributed by atoms with van der Waals surface area (Å²) in [5, 5.41) is 1.85. The van der Waals surface area contributed by atoms with Crippen molar-refractivity contribution in [1.82, 2.24) is 0 Å². The van der Waals surface area contributed by atoms with Gasteiger partial charge in [0.25, 0.3) is 0 Å². The van der Waals surface area contributed by atoms with Crippen LogP contribution in [0.1, 0.15) is 23.5 Å². The summed E-state index contributed by atoms with van der Waals surface area (Å²) >= 11 is 18.0. The van der Waals surface area contributed by atoms with Crippen molar-refractivity contribution in [3.63, 3.8) is 0 Å². The molecule has 100 valence electrons. The first kappa shape index (κ1) is 14.7. The average molecular weight is 315 g/mol. The van der Waals surface area contributed by atoms with Gasteiger partial charge in [0.05, 0.1) is 10.0 Å². The first-order chi connectivity index (χ1) is 9.11. The van der Waals surface area contributed by atoms with Crippen molar-refractivity contribution >= 4 is 34.8 Å². The summed E-state index contributed by atoms with van der Waals surface area (Å²) in [6.45, 7) is 0.605. The number of hydrogen-bond donors (Lipinski definition) is 1. The fourth-order valence-electron chi connectivity index (χ4n) is 2.12. The van der Waals surface area contributed by atoms with Gasteiger partial charge in [-0.2, -0.15) is 0 Å². The molecule has 0 aromatic heterocycles. The standard InChI is InChI=1S/C15H14Cl3N/c16-12-4-1-10(2-5-12)13(7-8-19)11-3-6-14(17)15(18)9-11/h1-6,9,13H,7-8,19H2. The maximum absolute atomic E-state index is 6.09. The molecule has 0 aliphatic heterocycles. The summed E-state index contributed by atoms with van der Waals surface area (Å²) in [7, 11) is 0. The minimum Gasteiger partial charge on any atom is -0.330 e. The summed E-state index contributed by atoms with van der Waals surface area (Å²) in [5.74, 6) is 0.206. The molecule has 0 heterocycles. The molecule has 0 spiro atoms. The van der Waals surface area contributed by atoms with E-state index in [-0.39, 0.29) is 5.92 Å². The van der Waals surface area contributed by atoms with E-state index in [0.29, 0.717) is 16.6 Å². The van der Waals surface area contributed by atoms with E-state index in [0.717, 1.165) is 17.0 Å². The molecule has 0 saturated carbocycles. The van der Waals surface area contributed by atoms with Crippen molar-refractivity contribution in [2.45, 2.75) is 12.3 Å². The van der Waals surface area contributed by atoms with E-state index in [1.165, 1.54) is 5.56 Å². The summed E-state index contributed by atoms with van der Waals surface area (Å²) in [6, 6.07) is 13.5. The quantitative estimate of drug-likeness (QED) is 0.832. The first-order valence-electron chi connectivity index (χ1n) is 6.02. The van der Waals surface area contributed by atoms with E-state index in [4.69, 9.17) is 40.5 Å². The highest BCUT2D eigenvalue weighted by Gasteiger charge is 2.14. The molecule has 0 aliphatic carbocycles. The second-order valence-corrected chi connectivity index (χ2v) is 5.61. The van der Waals surface area contributed by atoms with Crippen molar-refractivity contribution in [3.05, 3.63) is 68.7 Å². The third-order valence-corrected chi connectivity index (χ3v) is 4.06. The van der Waals surface area contributed by atoms with Crippen LogP contribution in [-0.2, 0) is 0 Å². The monoisotopic (exact) mass is 313 g/mol. The van der Waals surface area contributed by atoms with Gasteiger partial charge in [0.2, 0.25) is 0 Å². The van der Waals surface area contributed by atoms with Crippen LogP contribution < -0.4 is 5.73 Å². The summed E-state index contributed by atoms with van der Waals surface area (Å²) in [5.41, 5.74) is 8.00. The predicted molar refractivity (Wildman–Crippen MR) is 83.4 cm³/mol. The predicted octanol–water partition coefficient (Wildman–Crippen LogP) is 5.13. The van der Waals surface area contributed by atoms with Crippen molar-refractivity contribution in [3.8, 4) is 0 Å².